The summed E-state index contributed by atoms with van der Waals surface area (Å²) in [5, 5.41) is 7.61. The van der Waals surface area contributed by atoms with Gasteiger partial charge in [0.15, 0.2) is 14.7 Å². The average molecular weight is 540 g/mol. The topological polar surface area (TPSA) is 9.23 Å². The summed E-state index contributed by atoms with van der Waals surface area (Å²) in [5.41, 5.74) is 0. The molecule has 6 aromatic rings. The van der Waals surface area contributed by atoms with E-state index in [1.165, 1.54) is 79.1 Å². The minimum absolute atomic E-state index is 0.275. The molecule has 1 aliphatic rings. The van der Waals surface area contributed by atoms with Crippen LogP contribution < -0.4 is 4.74 Å². The number of fused-ring (bicyclic) bond motifs is 3. The molecule has 0 saturated heterocycles. The summed E-state index contributed by atoms with van der Waals surface area (Å²) in [7, 11) is -0.275. The molecule has 7 rings (SSSR count). The minimum Gasteiger partial charge on any atom is -0.493 e. The van der Waals surface area contributed by atoms with Crippen molar-refractivity contribution in [3.8, 4) is 5.75 Å². The van der Waals surface area contributed by atoms with Gasteiger partial charge in [0.1, 0.15) is 5.75 Å². The Balaban J connectivity index is 1.32. The van der Waals surface area contributed by atoms with Gasteiger partial charge in [0.2, 0.25) is 0 Å². The maximum absolute atomic E-state index is 6.49. The highest BCUT2D eigenvalue weighted by molar-refractivity contribution is 7.97. The van der Waals surface area contributed by atoms with Crippen LogP contribution >= 0.6 is 0 Å². The van der Waals surface area contributed by atoms with Crippen LogP contribution in [0.15, 0.2) is 136 Å². The first-order valence-corrected chi connectivity index (χ1v) is 15.9. The third-order valence-corrected chi connectivity index (χ3v) is 10.7. The Morgan fingerprint density at radius 1 is 0.550 bits per heavy atom. The summed E-state index contributed by atoms with van der Waals surface area (Å²) in [6, 6.07) is 44.7. The lowest BCUT2D eigenvalue weighted by atomic mass is 9.87. The van der Waals surface area contributed by atoms with Gasteiger partial charge < -0.3 is 4.74 Å². The maximum atomic E-state index is 6.49. The highest BCUT2D eigenvalue weighted by Gasteiger charge is 2.32. The molecule has 40 heavy (non-hydrogen) atoms. The van der Waals surface area contributed by atoms with Crippen molar-refractivity contribution in [2.75, 3.05) is 6.61 Å². The normalized spacial score (nSPS) is 14.3. The van der Waals surface area contributed by atoms with Crippen LogP contribution in [0.3, 0.4) is 0 Å². The van der Waals surface area contributed by atoms with Gasteiger partial charge in [-0.25, -0.2) is 0 Å². The largest absolute Gasteiger partial charge is 0.493 e. The number of hydrogen-bond donors (Lipinski definition) is 0. The van der Waals surface area contributed by atoms with E-state index in [4.69, 9.17) is 4.74 Å². The fourth-order valence-corrected chi connectivity index (χ4v) is 8.62. The second-order valence-corrected chi connectivity index (χ2v) is 13.1. The predicted octanol–water partition coefficient (Wildman–Crippen LogP) is 10.6. The van der Waals surface area contributed by atoms with Gasteiger partial charge in [-0.3, -0.25) is 0 Å². The molecule has 1 fully saturated rings. The van der Waals surface area contributed by atoms with E-state index in [-0.39, 0.29) is 10.9 Å². The molecule has 1 nitrogen and oxygen atoms in total. The Morgan fingerprint density at radius 3 is 1.77 bits per heavy atom. The fourth-order valence-electron chi connectivity index (χ4n) is 6.34. The summed E-state index contributed by atoms with van der Waals surface area (Å²) in [4.78, 5) is 4.02. The van der Waals surface area contributed by atoms with E-state index in [0.717, 1.165) is 24.7 Å². The quantitative estimate of drug-likeness (QED) is 0.183. The summed E-state index contributed by atoms with van der Waals surface area (Å²) in [5.74, 6) is 1.83. The van der Waals surface area contributed by atoms with Crippen LogP contribution in [0, 0.1) is 5.92 Å². The summed E-state index contributed by atoms with van der Waals surface area (Å²) >= 11 is 0. The van der Waals surface area contributed by atoms with Crippen molar-refractivity contribution in [2.45, 2.75) is 53.2 Å². The van der Waals surface area contributed by atoms with Crippen LogP contribution in [-0.4, -0.2) is 6.61 Å². The molecule has 6 aromatic carbocycles. The molecule has 198 valence electrons. The van der Waals surface area contributed by atoms with Crippen molar-refractivity contribution >= 4 is 43.2 Å². The predicted molar refractivity (Wildman–Crippen MR) is 171 cm³/mol. The molecule has 0 spiro atoms. The second kappa shape index (κ2) is 11.4. The Bertz CT molecular complexity index is 1700. The molecule has 2 heteroatoms. The second-order valence-electron chi connectivity index (χ2n) is 11.1. The summed E-state index contributed by atoms with van der Waals surface area (Å²) in [6.07, 6.45) is 8.06. The third-order valence-electron chi connectivity index (χ3n) is 8.49. The fraction of sp³-hybridized carbons (Fsp3) is 0.211. The molecular formula is C38H35OS+. The molecule has 0 amide bonds. The molecule has 0 aromatic heterocycles. The molecule has 1 aliphatic carbocycles. The lowest BCUT2D eigenvalue weighted by Crippen LogP contribution is -2.11. The molecule has 0 bridgehead atoms. The van der Waals surface area contributed by atoms with Crippen LogP contribution in [-0.2, 0) is 10.9 Å². The van der Waals surface area contributed by atoms with Crippen molar-refractivity contribution in [1.29, 1.82) is 0 Å². The van der Waals surface area contributed by atoms with E-state index >= 15 is 0 Å². The van der Waals surface area contributed by atoms with Crippen LogP contribution in [0.4, 0.5) is 0 Å². The van der Waals surface area contributed by atoms with Crippen molar-refractivity contribution < 1.29 is 4.74 Å². The Labute approximate surface area is 240 Å². The number of rotatable bonds is 7. The van der Waals surface area contributed by atoms with Gasteiger partial charge in [-0.05, 0) is 76.3 Å². The van der Waals surface area contributed by atoms with Gasteiger partial charge in [-0.1, -0.05) is 98.8 Å². The summed E-state index contributed by atoms with van der Waals surface area (Å²) < 4.78 is 6.49. The molecule has 0 aliphatic heterocycles. The third kappa shape index (κ3) is 5.09. The van der Waals surface area contributed by atoms with E-state index in [1.54, 1.807) is 0 Å². The van der Waals surface area contributed by atoms with Crippen molar-refractivity contribution in [3.05, 3.63) is 121 Å². The van der Waals surface area contributed by atoms with Gasteiger partial charge >= 0.3 is 0 Å². The Hall–Kier alpha value is -3.75. The van der Waals surface area contributed by atoms with Gasteiger partial charge in [0.05, 0.1) is 17.5 Å². The summed E-state index contributed by atoms with van der Waals surface area (Å²) in [6.45, 7) is 0.801. The highest BCUT2D eigenvalue weighted by Crippen LogP contribution is 2.40. The van der Waals surface area contributed by atoms with Crippen LogP contribution in [0.5, 0.6) is 5.75 Å². The molecule has 0 radical (unpaired) electrons. The first kappa shape index (κ1) is 25.2. The molecule has 1 saturated carbocycles. The highest BCUT2D eigenvalue weighted by atomic mass is 32.2. The maximum Gasteiger partial charge on any atom is 0.174 e. The molecular weight excluding hydrogens is 504 g/mol. The first-order chi connectivity index (χ1) is 19.8. The van der Waals surface area contributed by atoms with E-state index in [2.05, 4.69) is 121 Å². The van der Waals surface area contributed by atoms with Gasteiger partial charge in [0, 0.05) is 22.9 Å². The Kier molecular flexibility index (Phi) is 7.19. The zero-order chi connectivity index (χ0) is 26.7. The number of ether oxygens (including phenoxy) is 1. The van der Waals surface area contributed by atoms with E-state index in [9.17, 15) is 0 Å². The van der Waals surface area contributed by atoms with Crippen LogP contribution in [0.1, 0.15) is 38.5 Å². The minimum atomic E-state index is -0.275. The zero-order valence-corrected chi connectivity index (χ0v) is 23.7. The van der Waals surface area contributed by atoms with Crippen LogP contribution in [0.2, 0.25) is 0 Å². The van der Waals surface area contributed by atoms with E-state index < -0.39 is 0 Å². The SMILES string of the molecule is c1ccc2cc([S+](c3ccc4ccccc4c3)c3ccc(OCCC4CCCCC4)c4ccccc34)ccc2c1. The average Bonchev–Trinajstić information content (AvgIpc) is 3.02. The number of hydrogen-bond acceptors (Lipinski definition) is 1. The zero-order valence-electron chi connectivity index (χ0n) is 22.9. The smallest absolute Gasteiger partial charge is 0.174 e. The van der Waals surface area contributed by atoms with Gasteiger partial charge in [-0.2, -0.15) is 0 Å². The van der Waals surface area contributed by atoms with Crippen molar-refractivity contribution in [1.82, 2.24) is 0 Å². The van der Waals surface area contributed by atoms with Crippen molar-refractivity contribution in [3.63, 3.8) is 0 Å². The lowest BCUT2D eigenvalue weighted by Gasteiger charge is -2.21. The van der Waals surface area contributed by atoms with E-state index in [1.807, 2.05) is 0 Å². The monoisotopic (exact) mass is 539 g/mol. The van der Waals surface area contributed by atoms with E-state index in [0.29, 0.717) is 0 Å². The van der Waals surface area contributed by atoms with Crippen molar-refractivity contribution in [2.24, 2.45) is 5.92 Å². The first-order valence-electron chi connectivity index (χ1n) is 14.7. The standard InChI is InChI=1S/C38H35OS/c1-2-10-28(11-3-1)24-25-39-37-22-23-38(36-17-9-8-16-35(36)37)40(33-20-18-29-12-4-6-14-31(29)26-33)34-21-19-30-13-5-7-15-32(30)27-34/h4-9,12-23,26-28H,1-3,10-11,24-25H2/q+1. The molecule has 0 N–H and O–H groups in total. The molecule has 0 unspecified atom stereocenters. The Morgan fingerprint density at radius 2 is 1.12 bits per heavy atom. The lowest BCUT2D eigenvalue weighted by molar-refractivity contribution is 0.248. The van der Waals surface area contributed by atoms with Gasteiger partial charge in [-0.15, -0.1) is 0 Å². The number of benzene rings is 6. The molecule has 0 heterocycles. The van der Waals surface area contributed by atoms with Crippen LogP contribution in [0.25, 0.3) is 32.3 Å². The molecule has 0 atom stereocenters. The van der Waals surface area contributed by atoms with Gasteiger partial charge in [0.25, 0.3) is 0 Å².